The van der Waals surface area contributed by atoms with Crippen LogP contribution in [0.25, 0.3) is 10.9 Å². The van der Waals surface area contributed by atoms with Gasteiger partial charge < -0.3 is 34.8 Å². The van der Waals surface area contributed by atoms with Gasteiger partial charge in [-0.05, 0) is 37.2 Å². The molecule has 4 N–H and O–H groups in total. The van der Waals surface area contributed by atoms with Crippen molar-refractivity contribution in [2.75, 3.05) is 53.4 Å². The zero-order chi connectivity index (χ0) is 25.3. The number of carboxylic acids is 2. The molecule has 0 radical (unpaired) electrons. The second kappa shape index (κ2) is 12.9. The number of carboxylic acid groups (broad SMARTS) is 2. The molecule has 1 amide bonds. The van der Waals surface area contributed by atoms with Gasteiger partial charge in [0.05, 0.1) is 13.2 Å². The summed E-state index contributed by atoms with van der Waals surface area (Å²) in [7, 11) is 3.80. The molecule has 34 heavy (non-hydrogen) atoms. The molecule has 1 aliphatic heterocycles. The van der Waals surface area contributed by atoms with Gasteiger partial charge >= 0.3 is 11.9 Å². The van der Waals surface area contributed by atoms with Crippen LogP contribution in [0.5, 0.6) is 5.75 Å². The van der Waals surface area contributed by atoms with Crippen LogP contribution < -0.4 is 10.1 Å². The third-order valence-electron chi connectivity index (χ3n) is 5.59. The minimum absolute atomic E-state index is 0.0242. The molecule has 0 bridgehead atoms. The lowest BCUT2D eigenvalue weighted by Crippen LogP contribution is -2.47. The van der Waals surface area contributed by atoms with Crippen molar-refractivity contribution in [1.82, 2.24) is 19.7 Å². The Bertz CT molecular complexity index is 971. The van der Waals surface area contributed by atoms with E-state index in [1.165, 1.54) is 6.92 Å². The fraction of sp³-hybridized carbons (Fsp3) is 0.522. The molecule has 188 valence electrons. The molecule has 0 saturated carbocycles. The number of nitrogens with one attached hydrogen (secondary N) is 1. The maximum atomic E-state index is 11.2. The quantitative estimate of drug-likeness (QED) is 0.388. The average molecular weight is 479 g/mol. The van der Waals surface area contributed by atoms with E-state index in [1.54, 1.807) is 7.11 Å². The van der Waals surface area contributed by atoms with Gasteiger partial charge in [0.15, 0.2) is 0 Å². The molecule has 11 nitrogen and oxygen atoms in total. The number of amides is 1. The van der Waals surface area contributed by atoms with Crippen LogP contribution in [-0.2, 0) is 27.3 Å². The summed E-state index contributed by atoms with van der Waals surface area (Å²) in [6.07, 6.45) is 2.41. The lowest BCUT2D eigenvalue weighted by atomic mass is 10.1. The number of nitrogens with zero attached hydrogens (tertiary/aromatic N) is 3. The number of aliphatic hydroxyl groups is 1. The SMILES string of the molecule is COc1ccc2c(c1)c(CCNC(C)=O)cn2CC(O)CN1CCN(C)CC1.O=C(O)C(=O)O. The van der Waals surface area contributed by atoms with Crippen molar-refractivity contribution in [3.63, 3.8) is 0 Å². The Kier molecular flexibility index (Phi) is 10.3. The monoisotopic (exact) mass is 478 g/mol. The van der Waals surface area contributed by atoms with Crippen molar-refractivity contribution in [3.05, 3.63) is 30.0 Å². The van der Waals surface area contributed by atoms with E-state index in [9.17, 15) is 9.90 Å². The molecule has 1 fully saturated rings. The summed E-state index contributed by atoms with van der Waals surface area (Å²) in [6, 6.07) is 6.02. The Balaban J connectivity index is 0.000000604. The lowest BCUT2D eigenvalue weighted by Gasteiger charge is -2.33. The molecular weight excluding hydrogens is 444 g/mol. The molecule has 1 aromatic carbocycles. The predicted octanol–water partition coefficient (Wildman–Crippen LogP) is 0.0924. The van der Waals surface area contributed by atoms with Gasteiger partial charge in [-0.25, -0.2) is 9.59 Å². The molecular formula is C23H34N4O7. The first kappa shape index (κ1) is 27.1. The van der Waals surface area contributed by atoms with E-state index in [0.717, 1.165) is 54.8 Å². The van der Waals surface area contributed by atoms with Crippen molar-refractivity contribution in [2.24, 2.45) is 0 Å². The molecule has 1 aliphatic rings. The van der Waals surface area contributed by atoms with Crippen molar-refractivity contribution in [3.8, 4) is 5.75 Å². The normalized spacial score (nSPS) is 15.3. The van der Waals surface area contributed by atoms with Crippen LogP contribution in [0.4, 0.5) is 0 Å². The van der Waals surface area contributed by atoms with E-state index in [1.807, 2.05) is 18.2 Å². The first-order chi connectivity index (χ1) is 16.1. The fourth-order valence-corrected chi connectivity index (χ4v) is 3.81. The molecule has 0 spiro atoms. The summed E-state index contributed by atoms with van der Waals surface area (Å²) in [5.41, 5.74) is 2.23. The summed E-state index contributed by atoms with van der Waals surface area (Å²) in [6.45, 7) is 7.45. The molecule has 1 saturated heterocycles. The largest absolute Gasteiger partial charge is 0.497 e. The summed E-state index contributed by atoms with van der Waals surface area (Å²) in [5, 5.41) is 29.4. The zero-order valence-corrected chi connectivity index (χ0v) is 19.9. The average Bonchev–Trinajstić information content (AvgIpc) is 3.11. The molecule has 1 atom stereocenters. The molecule has 2 heterocycles. The van der Waals surface area contributed by atoms with Gasteiger partial charge in [-0.15, -0.1) is 0 Å². The number of aliphatic carboxylic acids is 2. The topological polar surface area (TPSA) is 145 Å². The minimum atomic E-state index is -1.82. The Morgan fingerprint density at radius 3 is 2.29 bits per heavy atom. The molecule has 0 aliphatic carbocycles. The summed E-state index contributed by atoms with van der Waals surface area (Å²) < 4.78 is 7.50. The molecule has 11 heteroatoms. The van der Waals surface area contributed by atoms with Crippen molar-refractivity contribution in [2.45, 2.75) is 26.0 Å². The second-order valence-electron chi connectivity index (χ2n) is 8.29. The van der Waals surface area contributed by atoms with Gasteiger partial charge in [-0.2, -0.15) is 0 Å². The van der Waals surface area contributed by atoms with Gasteiger partial charge in [0.25, 0.3) is 0 Å². The van der Waals surface area contributed by atoms with Gasteiger partial charge in [-0.3, -0.25) is 9.69 Å². The number of methoxy groups -OCH3 is 1. The van der Waals surface area contributed by atoms with Gasteiger partial charge in [0.1, 0.15) is 5.75 Å². The number of carbonyl (C=O) groups is 3. The number of rotatable bonds is 8. The smallest absolute Gasteiger partial charge is 0.414 e. The van der Waals surface area contributed by atoms with Gasteiger partial charge in [-0.1, -0.05) is 0 Å². The standard InChI is InChI=1S/C21H32N4O3.C2H2O4/c1-16(26)22-7-6-17-13-25(21-5-4-19(28-3)12-20(17)21)15-18(27)14-24-10-8-23(2)9-11-24;3-1(4)2(5)6/h4-5,12-13,18,27H,6-11,14-15H2,1-3H3,(H,22,26);(H,3,4)(H,5,6). The highest BCUT2D eigenvalue weighted by Gasteiger charge is 2.18. The van der Waals surface area contributed by atoms with Crippen LogP contribution in [0.3, 0.4) is 0 Å². The predicted molar refractivity (Wildman–Crippen MR) is 126 cm³/mol. The lowest BCUT2D eigenvalue weighted by molar-refractivity contribution is -0.159. The first-order valence-electron chi connectivity index (χ1n) is 11.1. The van der Waals surface area contributed by atoms with Crippen LogP contribution >= 0.6 is 0 Å². The zero-order valence-electron chi connectivity index (χ0n) is 19.9. The van der Waals surface area contributed by atoms with Crippen molar-refractivity contribution < 1.29 is 34.4 Å². The van der Waals surface area contributed by atoms with E-state index in [-0.39, 0.29) is 5.91 Å². The number of aromatic nitrogens is 1. The van der Waals surface area contributed by atoms with E-state index in [0.29, 0.717) is 19.6 Å². The Morgan fingerprint density at radius 2 is 1.74 bits per heavy atom. The first-order valence-corrected chi connectivity index (χ1v) is 11.1. The number of hydrogen-bond donors (Lipinski definition) is 4. The van der Waals surface area contributed by atoms with Crippen LogP contribution in [0.1, 0.15) is 12.5 Å². The number of likely N-dealkylation sites (N-methyl/N-ethyl adjacent to an activating group) is 1. The molecule has 3 rings (SSSR count). The Labute approximate surface area is 198 Å². The van der Waals surface area contributed by atoms with E-state index >= 15 is 0 Å². The van der Waals surface area contributed by atoms with Crippen LogP contribution in [0.2, 0.25) is 0 Å². The maximum Gasteiger partial charge on any atom is 0.414 e. The van der Waals surface area contributed by atoms with Gasteiger partial charge in [0, 0.05) is 69.8 Å². The van der Waals surface area contributed by atoms with E-state index in [4.69, 9.17) is 24.5 Å². The highest BCUT2D eigenvalue weighted by molar-refractivity contribution is 6.27. The van der Waals surface area contributed by atoms with Gasteiger partial charge in [0.2, 0.25) is 5.91 Å². The summed E-state index contributed by atoms with van der Waals surface area (Å²) in [4.78, 5) is 34.0. The second-order valence-corrected chi connectivity index (χ2v) is 8.29. The number of benzene rings is 1. The van der Waals surface area contributed by atoms with Crippen LogP contribution in [-0.4, -0.2) is 107 Å². The number of carbonyl (C=O) groups excluding carboxylic acids is 1. The van der Waals surface area contributed by atoms with Crippen LogP contribution in [0, 0.1) is 0 Å². The number of piperazine rings is 1. The maximum absolute atomic E-state index is 11.2. The third-order valence-corrected chi connectivity index (χ3v) is 5.59. The van der Waals surface area contributed by atoms with E-state index < -0.39 is 18.0 Å². The summed E-state index contributed by atoms with van der Waals surface area (Å²) >= 11 is 0. The Morgan fingerprint density at radius 1 is 1.09 bits per heavy atom. The Hall–Kier alpha value is -3.15. The van der Waals surface area contributed by atoms with E-state index in [2.05, 4.69) is 32.9 Å². The number of β-amino-alcohol motifs (C(OH)–C–C–N with tert-alkyl or cyclic N) is 1. The minimum Gasteiger partial charge on any atom is -0.497 e. The summed E-state index contributed by atoms with van der Waals surface area (Å²) in [5.74, 6) is -2.86. The number of aliphatic hydroxyl groups excluding tert-OH is 1. The number of hydrogen-bond acceptors (Lipinski definition) is 7. The molecule has 2 aromatic rings. The fourth-order valence-electron chi connectivity index (χ4n) is 3.81. The molecule has 1 aromatic heterocycles. The molecule has 1 unspecified atom stereocenters. The van der Waals surface area contributed by atoms with Crippen molar-refractivity contribution in [1.29, 1.82) is 0 Å². The number of ether oxygens (including phenoxy) is 1. The highest BCUT2D eigenvalue weighted by Crippen LogP contribution is 2.27. The van der Waals surface area contributed by atoms with Crippen LogP contribution in [0.15, 0.2) is 24.4 Å². The number of fused-ring (bicyclic) bond motifs is 1. The third kappa shape index (κ3) is 8.32. The van der Waals surface area contributed by atoms with Crippen molar-refractivity contribution >= 4 is 28.7 Å². The highest BCUT2D eigenvalue weighted by atomic mass is 16.5.